The van der Waals surface area contributed by atoms with Crippen molar-refractivity contribution in [3.05, 3.63) is 65.7 Å². The number of piperazine rings is 1. The number of ether oxygens (including phenoxy) is 1. The summed E-state index contributed by atoms with van der Waals surface area (Å²) in [4.78, 5) is 16.4. The molecule has 0 amide bonds. The molecule has 0 radical (unpaired) electrons. The summed E-state index contributed by atoms with van der Waals surface area (Å²) in [6, 6.07) is 18.4. The predicted octanol–water partition coefficient (Wildman–Crippen LogP) is 3.05. The first-order valence-electron chi connectivity index (χ1n) is 9.40. The topological polar surface area (TPSA) is 53.0 Å². The van der Waals surface area contributed by atoms with E-state index >= 15 is 0 Å². The first-order chi connectivity index (χ1) is 13.0. The number of methoxy groups -OCH3 is 1. The van der Waals surface area contributed by atoms with Gasteiger partial charge >= 0.3 is 5.97 Å². The van der Waals surface area contributed by atoms with Crippen molar-refractivity contribution < 1.29 is 14.6 Å². The molecule has 144 valence electrons. The quantitative estimate of drug-likeness (QED) is 0.822. The highest BCUT2D eigenvalue weighted by Crippen LogP contribution is 2.34. The zero-order valence-electron chi connectivity index (χ0n) is 16.2. The van der Waals surface area contributed by atoms with E-state index in [0.717, 1.165) is 18.7 Å². The summed E-state index contributed by atoms with van der Waals surface area (Å²) in [5.74, 6) is 0.0774. The van der Waals surface area contributed by atoms with Crippen LogP contribution in [0.4, 0.5) is 0 Å². The summed E-state index contributed by atoms with van der Waals surface area (Å²) < 4.78 is 4.84. The minimum Gasteiger partial charge on any atom is -0.508 e. The monoisotopic (exact) mass is 368 g/mol. The van der Waals surface area contributed by atoms with Gasteiger partial charge in [0.15, 0.2) is 0 Å². The fraction of sp³-hybridized carbons (Fsp3) is 0.409. The van der Waals surface area contributed by atoms with Crippen molar-refractivity contribution in [2.45, 2.75) is 32.0 Å². The molecule has 0 bridgehead atoms. The highest BCUT2D eigenvalue weighted by Gasteiger charge is 2.35. The average molecular weight is 368 g/mol. The Morgan fingerprint density at radius 2 is 1.78 bits per heavy atom. The van der Waals surface area contributed by atoms with Crippen molar-refractivity contribution in [3.8, 4) is 5.75 Å². The van der Waals surface area contributed by atoms with Crippen molar-refractivity contribution in [3.63, 3.8) is 0 Å². The van der Waals surface area contributed by atoms with Crippen molar-refractivity contribution in [2.24, 2.45) is 0 Å². The van der Waals surface area contributed by atoms with Crippen molar-refractivity contribution >= 4 is 5.97 Å². The summed E-state index contributed by atoms with van der Waals surface area (Å²) in [6.07, 6.45) is 0. The summed E-state index contributed by atoms with van der Waals surface area (Å²) in [5, 5.41) is 10.0. The number of aromatic hydroxyl groups is 1. The van der Waals surface area contributed by atoms with Gasteiger partial charge in [0.2, 0.25) is 0 Å². The number of phenols is 1. The first-order valence-corrected chi connectivity index (χ1v) is 9.40. The Morgan fingerprint density at radius 1 is 1.07 bits per heavy atom. The number of rotatable bonds is 5. The molecule has 3 atom stereocenters. The SMILES string of the molecule is COC(=O)CN1C[C@H](C)N([C@H](c2ccccc2)c2cccc(O)c2)C[C@H]1C. The van der Waals surface area contributed by atoms with E-state index in [1.54, 1.807) is 6.07 Å². The molecule has 2 aromatic rings. The van der Waals surface area contributed by atoms with E-state index < -0.39 is 0 Å². The first kappa shape index (κ1) is 19.4. The van der Waals surface area contributed by atoms with E-state index in [9.17, 15) is 9.90 Å². The largest absolute Gasteiger partial charge is 0.508 e. The fourth-order valence-electron chi connectivity index (χ4n) is 3.94. The van der Waals surface area contributed by atoms with Crippen LogP contribution >= 0.6 is 0 Å². The van der Waals surface area contributed by atoms with Crippen molar-refractivity contribution in [1.29, 1.82) is 0 Å². The molecule has 0 aliphatic carbocycles. The van der Waals surface area contributed by atoms with Crippen LogP contribution in [0.5, 0.6) is 5.75 Å². The molecule has 0 spiro atoms. The predicted molar refractivity (Wildman–Crippen MR) is 106 cm³/mol. The number of hydrogen-bond acceptors (Lipinski definition) is 5. The van der Waals surface area contributed by atoms with E-state index in [4.69, 9.17) is 4.74 Å². The van der Waals surface area contributed by atoms with Crippen LogP contribution in [0, 0.1) is 0 Å². The fourth-order valence-corrected chi connectivity index (χ4v) is 3.94. The van der Waals surface area contributed by atoms with E-state index in [2.05, 4.69) is 41.8 Å². The zero-order chi connectivity index (χ0) is 19.4. The summed E-state index contributed by atoms with van der Waals surface area (Å²) >= 11 is 0. The smallest absolute Gasteiger partial charge is 0.319 e. The van der Waals surface area contributed by atoms with Gasteiger partial charge in [-0.05, 0) is 37.1 Å². The number of carbonyl (C=O) groups is 1. The molecule has 0 saturated carbocycles. The molecule has 3 rings (SSSR count). The number of benzene rings is 2. The lowest BCUT2D eigenvalue weighted by atomic mass is 9.93. The highest BCUT2D eigenvalue weighted by atomic mass is 16.5. The van der Waals surface area contributed by atoms with Crippen LogP contribution in [0.2, 0.25) is 0 Å². The summed E-state index contributed by atoms with van der Waals surface area (Å²) in [6.45, 7) is 6.27. The van der Waals surface area contributed by atoms with Crippen LogP contribution in [0.1, 0.15) is 31.0 Å². The van der Waals surface area contributed by atoms with Crippen molar-refractivity contribution in [2.75, 3.05) is 26.7 Å². The van der Waals surface area contributed by atoms with Gasteiger partial charge in [0.25, 0.3) is 0 Å². The van der Waals surface area contributed by atoms with Gasteiger partial charge in [-0.15, -0.1) is 0 Å². The molecule has 1 heterocycles. The Balaban J connectivity index is 1.90. The molecular weight excluding hydrogens is 340 g/mol. The zero-order valence-corrected chi connectivity index (χ0v) is 16.2. The van der Waals surface area contributed by atoms with Crippen molar-refractivity contribution in [1.82, 2.24) is 9.80 Å². The minimum absolute atomic E-state index is 0.0519. The Morgan fingerprint density at radius 3 is 2.44 bits per heavy atom. The molecule has 1 N–H and O–H groups in total. The number of nitrogens with zero attached hydrogens (tertiary/aromatic N) is 2. The third kappa shape index (κ3) is 4.49. The van der Waals surface area contributed by atoms with E-state index in [-0.39, 0.29) is 29.8 Å². The molecule has 0 unspecified atom stereocenters. The second-order valence-electron chi connectivity index (χ2n) is 7.31. The standard InChI is InChI=1S/C22H28N2O3/c1-16-14-24(17(2)13-23(16)15-21(26)27-3)22(18-8-5-4-6-9-18)19-10-7-11-20(25)12-19/h4-12,16-17,22,25H,13-15H2,1-3H3/t16-,17+,22-/m1/s1. The molecule has 1 aliphatic rings. The van der Waals surface area contributed by atoms with Crippen LogP contribution in [0.3, 0.4) is 0 Å². The molecule has 5 nitrogen and oxygen atoms in total. The van der Waals surface area contributed by atoms with Gasteiger partial charge in [0, 0.05) is 25.2 Å². The Bertz CT molecular complexity index is 765. The van der Waals surface area contributed by atoms with Gasteiger partial charge in [0.05, 0.1) is 19.7 Å². The van der Waals surface area contributed by atoms with Crippen LogP contribution in [0.15, 0.2) is 54.6 Å². The lowest BCUT2D eigenvalue weighted by molar-refractivity contribution is -0.143. The number of carbonyl (C=O) groups excluding carboxylic acids is 1. The van der Waals surface area contributed by atoms with Crippen LogP contribution < -0.4 is 0 Å². The maximum Gasteiger partial charge on any atom is 0.319 e. The van der Waals surface area contributed by atoms with Gasteiger partial charge in [-0.3, -0.25) is 14.6 Å². The molecule has 1 fully saturated rings. The minimum atomic E-state index is -0.199. The molecule has 5 heteroatoms. The van der Waals surface area contributed by atoms with Gasteiger partial charge in [-0.2, -0.15) is 0 Å². The average Bonchev–Trinajstić information content (AvgIpc) is 2.66. The second-order valence-corrected chi connectivity index (χ2v) is 7.31. The van der Waals surface area contributed by atoms with Crippen LogP contribution in [-0.4, -0.2) is 59.7 Å². The lowest BCUT2D eigenvalue weighted by Gasteiger charge is -2.47. The van der Waals surface area contributed by atoms with Gasteiger partial charge in [-0.1, -0.05) is 42.5 Å². The molecule has 27 heavy (non-hydrogen) atoms. The maximum absolute atomic E-state index is 11.7. The van der Waals surface area contributed by atoms with Crippen LogP contribution in [-0.2, 0) is 9.53 Å². The lowest BCUT2D eigenvalue weighted by Crippen LogP contribution is -2.58. The number of hydrogen-bond donors (Lipinski definition) is 1. The summed E-state index contributed by atoms with van der Waals surface area (Å²) in [7, 11) is 1.43. The third-order valence-corrected chi connectivity index (χ3v) is 5.36. The Kier molecular flexibility index (Phi) is 6.14. The Labute approximate surface area is 161 Å². The molecular formula is C22H28N2O3. The van der Waals surface area contributed by atoms with E-state index in [1.165, 1.54) is 12.7 Å². The molecule has 1 saturated heterocycles. The number of esters is 1. The molecule has 2 aromatic carbocycles. The van der Waals surface area contributed by atoms with E-state index in [1.807, 2.05) is 30.3 Å². The molecule has 0 aromatic heterocycles. The van der Waals surface area contributed by atoms with Gasteiger partial charge in [-0.25, -0.2) is 0 Å². The second kappa shape index (κ2) is 8.55. The maximum atomic E-state index is 11.7. The van der Waals surface area contributed by atoms with E-state index in [0.29, 0.717) is 6.54 Å². The van der Waals surface area contributed by atoms with Crippen LogP contribution in [0.25, 0.3) is 0 Å². The normalized spacial score (nSPS) is 22.3. The third-order valence-electron chi connectivity index (χ3n) is 5.36. The summed E-state index contributed by atoms with van der Waals surface area (Å²) in [5.41, 5.74) is 2.27. The number of phenolic OH excluding ortho intramolecular Hbond substituents is 1. The molecule has 1 aliphatic heterocycles. The Hall–Kier alpha value is -2.37. The highest BCUT2D eigenvalue weighted by molar-refractivity contribution is 5.71. The van der Waals surface area contributed by atoms with Gasteiger partial charge < -0.3 is 9.84 Å². The van der Waals surface area contributed by atoms with Gasteiger partial charge in [0.1, 0.15) is 5.75 Å².